The van der Waals surface area contributed by atoms with Crippen molar-refractivity contribution in [2.45, 2.75) is 19.4 Å². The van der Waals surface area contributed by atoms with E-state index in [1.807, 2.05) is 6.07 Å². The molecule has 1 aliphatic rings. The van der Waals surface area contributed by atoms with Crippen molar-refractivity contribution in [3.8, 4) is 0 Å². The van der Waals surface area contributed by atoms with E-state index in [1.165, 1.54) is 11.1 Å². The highest BCUT2D eigenvalue weighted by Crippen LogP contribution is 2.20. The predicted molar refractivity (Wildman–Crippen MR) is 49.7 cm³/mol. The Morgan fingerprint density at radius 1 is 1.33 bits per heavy atom. The van der Waals surface area contributed by atoms with Crippen molar-refractivity contribution in [3.05, 3.63) is 41.0 Å². The maximum Gasteiger partial charge on any atom is 0.0681 e. The lowest BCUT2D eigenvalue weighted by molar-refractivity contribution is 0.281. The van der Waals surface area contributed by atoms with Crippen LogP contribution in [0.3, 0.4) is 0 Å². The summed E-state index contributed by atoms with van der Waals surface area (Å²) >= 11 is 0. The van der Waals surface area contributed by atoms with Gasteiger partial charge < -0.3 is 5.11 Å². The Morgan fingerprint density at radius 3 is 3.08 bits per heavy atom. The monoisotopic (exact) mass is 160 g/mol. The number of allylic oxidation sites excluding steroid dienone is 1. The van der Waals surface area contributed by atoms with Crippen molar-refractivity contribution in [1.82, 2.24) is 0 Å². The molecule has 1 aromatic rings. The quantitative estimate of drug-likeness (QED) is 0.667. The van der Waals surface area contributed by atoms with Crippen molar-refractivity contribution in [2.75, 3.05) is 0 Å². The summed E-state index contributed by atoms with van der Waals surface area (Å²) in [5.74, 6) is 0. The van der Waals surface area contributed by atoms with Gasteiger partial charge in [-0.1, -0.05) is 30.4 Å². The molecule has 0 bridgehead atoms. The number of rotatable bonds is 1. The van der Waals surface area contributed by atoms with Crippen LogP contribution in [0.1, 0.15) is 23.1 Å². The molecule has 0 aliphatic heterocycles. The second-order valence-corrected chi connectivity index (χ2v) is 3.13. The summed E-state index contributed by atoms with van der Waals surface area (Å²) in [5.41, 5.74) is 3.69. The summed E-state index contributed by atoms with van der Waals surface area (Å²) in [7, 11) is 0. The van der Waals surface area contributed by atoms with Gasteiger partial charge in [-0.05, 0) is 29.5 Å². The summed E-state index contributed by atoms with van der Waals surface area (Å²) in [5, 5.41) is 8.92. The van der Waals surface area contributed by atoms with E-state index in [0.717, 1.165) is 18.4 Å². The van der Waals surface area contributed by atoms with Crippen LogP contribution in [-0.4, -0.2) is 5.11 Å². The van der Waals surface area contributed by atoms with Gasteiger partial charge >= 0.3 is 0 Å². The molecule has 0 radical (unpaired) electrons. The van der Waals surface area contributed by atoms with Gasteiger partial charge in [0.25, 0.3) is 0 Å². The molecule has 0 aromatic heterocycles. The third-order valence-electron chi connectivity index (χ3n) is 2.27. The molecule has 62 valence electrons. The Kier molecular flexibility index (Phi) is 1.96. The van der Waals surface area contributed by atoms with Crippen LogP contribution in [0.2, 0.25) is 0 Å². The molecule has 2 rings (SSSR count). The molecule has 1 aliphatic carbocycles. The average molecular weight is 160 g/mol. The molecule has 0 heterocycles. The van der Waals surface area contributed by atoms with Crippen molar-refractivity contribution in [2.24, 2.45) is 0 Å². The zero-order chi connectivity index (χ0) is 8.39. The molecule has 0 atom stereocenters. The van der Waals surface area contributed by atoms with Crippen LogP contribution in [0.5, 0.6) is 0 Å². The maximum absolute atomic E-state index is 8.92. The molecule has 1 N–H and O–H groups in total. The van der Waals surface area contributed by atoms with E-state index < -0.39 is 0 Å². The summed E-state index contributed by atoms with van der Waals surface area (Å²) in [6.45, 7) is 0.150. The van der Waals surface area contributed by atoms with Gasteiger partial charge in [0.15, 0.2) is 0 Å². The van der Waals surface area contributed by atoms with Gasteiger partial charge in [-0.3, -0.25) is 0 Å². The first-order valence-electron chi connectivity index (χ1n) is 4.29. The van der Waals surface area contributed by atoms with E-state index >= 15 is 0 Å². The van der Waals surface area contributed by atoms with Gasteiger partial charge in [-0.15, -0.1) is 0 Å². The molecule has 0 saturated heterocycles. The highest BCUT2D eigenvalue weighted by molar-refractivity contribution is 5.56. The number of hydrogen-bond acceptors (Lipinski definition) is 1. The number of aliphatic hydroxyl groups is 1. The van der Waals surface area contributed by atoms with Crippen LogP contribution in [-0.2, 0) is 13.0 Å². The SMILES string of the molecule is OCc1ccc2c(c1)CCC=C2. The number of aliphatic hydroxyl groups excluding tert-OH is 1. The number of benzene rings is 1. The standard InChI is InChI=1S/C11H12O/c12-8-9-5-6-10-3-1-2-4-11(10)7-9/h1,3,5-7,12H,2,4,8H2. The Balaban J connectivity index is 2.44. The largest absolute Gasteiger partial charge is 0.392 e. The Bertz CT molecular complexity index is 313. The zero-order valence-corrected chi connectivity index (χ0v) is 6.96. The normalized spacial score (nSPS) is 14.4. The third-order valence-corrected chi connectivity index (χ3v) is 2.27. The molecular formula is C11H12O. The minimum atomic E-state index is 0.150. The summed E-state index contributed by atoms with van der Waals surface area (Å²) in [6.07, 6.45) is 6.59. The number of hydrogen-bond donors (Lipinski definition) is 1. The molecule has 12 heavy (non-hydrogen) atoms. The van der Waals surface area contributed by atoms with Crippen LogP contribution in [0.15, 0.2) is 24.3 Å². The lowest BCUT2D eigenvalue weighted by Crippen LogP contribution is -1.95. The predicted octanol–water partition coefficient (Wildman–Crippen LogP) is 2.14. The molecule has 0 saturated carbocycles. The molecular weight excluding hydrogens is 148 g/mol. The fraction of sp³-hybridized carbons (Fsp3) is 0.273. The zero-order valence-electron chi connectivity index (χ0n) is 6.96. The molecule has 0 spiro atoms. The number of fused-ring (bicyclic) bond motifs is 1. The summed E-state index contributed by atoms with van der Waals surface area (Å²) in [4.78, 5) is 0. The van der Waals surface area contributed by atoms with E-state index in [2.05, 4.69) is 24.3 Å². The third kappa shape index (κ3) is 1.28. The van der Waals surface area contributed by atoms with Gasteiger partial charge in [0.05, 0.1) is 6.61 Å². The van der Waals surface area contributed by atoms with Crippen LogP contribution in [0.25, 0.3) is 6.08 Å². The Morgan fingerprint density at radius 2 is 2.25 bits per heavy atom. The van der Waals surface area contributed by atoms with Gasteiger partial charge in [0.2, 0.25) is 0 Å². The molecule has 0 unspecified atom stereocenters. The first-order chi connectivity index (χ1) is 5.90. The topological polar surface area (TPSA) is 20.2 Å². The number of aryl methyl sites for hydroxylation is 1. The van der Waals surface area contributed by atoms with E-state index in [-0.39, 0.29) is 6.61 Å². The van der Waals surface area contributed by atoms with E-state index in [1.54, 1.807) is 0 Å². The van der Waals surface area contributed by atoms with Crippen molar-refractivity contribution in [1.29, 1.82) is 0 Å². The molecule has 1 aromatic carbocycles. The van der Waals surface area contributed by atoms with E-state index in [9.17, 15) is 0 Å². The first kappa shape index (κ1) is 7.56. The minimum Gasteiger partial charge on any atom is -0.392 e. The molecule has 0 amide bonds. The van der Waals surface area contributed by atoms with Gasteiger partial charge in [-0.25, -0.2) is 0 Å². The Labute approximate surface area is 72.4 Å². The second-order valence-electron chi connectivity index (χ2n) is 3.13. The van der Waals surface area contributed by atoms with Crippen LogP contribution in [0, 0.1) is 0 Å². The second kappa shape index (κ2) is 3.11. The van der Waals surface area contributed by atoms with Crippen molar-refractivity contribution >= 4 is 6.08 Å². The van der Waals surface area contributed by atoms with Crippen molar-refractivity contribution < 1.29 is 5.11 Å². The lowest BCUT2D eigenvalue weighted by Gasteiger charge is -2.10. The maximum atomic E-state index is 8.92. The highest BCUT2D eigenvalue weighted by Gasteiger charge is 2.03. The fourth-order valence-electron chi connectivity index (χ4n) is 1.59. The summed E-state index contributed by atoms with van der Waals surface area (Å²) in [6, 6.07) is 6.16. The van der Waals surface area contributed by atoms with Gasteiger partial charge in [0.1, 0.15) is 0 Å². The highest BCUT2D eigenvalue weighted by atomic mass is 16.3. The van der Waals surface area contributed by atoms with Gasteiger partial charge in [0, 0.05) is 0 Å². The molecule has 0 fully saturated rings. The van der Waals surface area contributed by atoms with E-state index in [0.29, 0.717) is 0 Å². The lowest BCUT2D eigenvalue weighted by atomic mass is 9.96. The Hall–Kier alpha value is -1.08. The molecule has 1 heteroatoms. The summed E-state index contributed by atoms with van der Waals surface area (Å²) < 4.78 is 0. The van der Waals surface area contributed by atoms with E-state index in [4.69, 9.17) is 5.11 Å². The molecule has 1 nitrogen and oxygen atoms in total. The minimum absolute atomic E-state index is 0.150. The average Bonchev–Trinajstić information content (AvgIpc) is 2.17. The first-order valence-corrected chi connectivity index (χ1v) is 4.29. The fourth-order valence-corrected chi connectivity index (χ4v) is 1.59. The van der Waals surface area contributed by atoms with Crippen LogP contribution < -0.4 is 0 Å². The van der Waals surface area contributed by atoms with Crippen LogP contribution in [0.4, 0.5) is 0 Å². The van der Waals surface area contributed by atoms with Crippen molar-refractivity contribution in [3.63, 3.8) is 0 Å². The van der Waals surface area contributed by atoms with Gasteiger partial charge in [-0.2, -0.15) is 0 Å². The smallest absolute Gasteiger partial charge is 0.0681 e. The van der Waals surface area contributed by atoms with Crippen LogP contribution >= 0.6 is 0 Å².